The molecule has 0 saturated carbocycles. The average molecular weight is 289 g/mol. The average Bonchev–Trinajstić information content (AvgIpc) is 2.42. The number of carbonyl (C=O) groups excluding carboxylic acids is 2. The maximum atomic E-state index is 11.9. The molecule has 1 aromatic carbocycles. The van der Waals surface area contributed by atoms with Gasteiger partial charge in [-0.3, -0.25) is 4.79 Å². The van der Waals surface area contributed by atoms with Crippen LogP contribution in [0.4, 0.5) is 0 Å². The van der Waals surface area contributed by atoms with Crippen LogP contribution in [0.3, 0.4) is 0 Å². The van der Waals surface area contributed by atoms with Crippen molar-refractivity contribution in [3.05, 3.63) is 41.0 Å². The van der Waals surface area contributed by atoms with E-state index in [0.717, 1.165) is 11.1 Å². The van der Waals surface area contributed by atoms with E-state index >= 15 is 0 Å². The van der Waals surface area contributed by atoms with E-state index in [9.17, 15) is 9.59 Å². The smallest absolute Gasteiger partial charge is 0.328 e. The highest BCUT2D eigenvalue weighted by atomic mass is 16.5. The molecule has 0 unspecified atom stereocenters. The van der Waals surface area contributed by atoms with Crippen molar-refractivity contribution >= 4 is 18.0 Å². The van der Waals surface area contributed by atoms with Crippen LogP contribution < -0.4 is 5.32 Å². The number of benzene rings is 1. The van der Waals surface area contributed by atoms with Gasteiger partial charge < -0.3 is 10.1 Å². The summed E-state index contributed by atoms with van der Waals surface area (Å²) in [5.74, 6) is -0.770. The zero-order valence-electron chi connectivity index (χ0n) is 13.3. The Labute approximate surface area is 126 Å². The minimum atomic E-state index is -0.633. The molecule has 1 amide bonds. The molecule has 114 valence electrons. The van der Waals surface area contributed by atoms with E-state index in [2.05, 4.69) is 11.4 Å². The molecule has 0 spiro atoms. The molecule has 1 aromatic rings. The van der Waals surface area contributed by atoms with Crippen LogP contribution in [0.5, 0.6) is 0 Å². The lowest BCUT2D eigenvalue weighted by molar-refractivity contribution is -0.145. The number of methoxy groups -OCH3 is 1. The van der Waals surface area contributed by atoms with Crippen LogP contribution in [-0.2, 0) is 14.3 Å². The van der Waals surface area contributed by atoms with E-state index in [-0.39, 0.29) is 11.8 Å². The van der Waals surface area contributed by atoms with E-state index in [4.69, 9.17) is 4.74 Å². The number of esters is 1. The van der Waals surface area contributed by atoms with Crippen LogP contribution in [0, 0.1) is 19.8 Å². The maximum Gasteiger partial charge on any atom is 0.328 e. The first-order chi connectivity index (χ1) is 9.85. The second-order valence-electron chi connectivity index (χ2n) is 5.45. The van der Waals surface area contributed by atoms with E-state index in [1.165, 1.54) is 18.7 Å². The lowest BCUT2D eigenvalue weighted by atomic mass is 10.0. The summed E-state index contributed by atoms with van der Waals surface area (Å²) in [6, 6.07) is 5.39. The summed E-state index contributed by atoms with van der Waals surface area (Å²) >= 11 is 0. The molecule has 0 aromatic heterocycles. The minimum absolute atomic E-state index is 0.0316. The number of hydrogen-bond acceptors (Lipinski definition) is 3. The molecule has 0 aliphatic carbocycles. The summed E-state index contributed by atoms with van der Waals surface area (Å²) in [5, 5.41) is 2.67. The molecule has 0 radical (unpaired) electrons. The number of carbonyl (C=O) groups is 2. The van der Waals surface area contributed by atoms with Gasteiger partial charge in [-0.1, -0.05) is 37.6 Å². The Morgan fingerprint density at radius 1 is 1.24 bits per heavy atom. The summed E-state index contributed by atoms with van der Waals surface area (Å²) in [4.78, 5) is 23.5. The van der Waals surface area contributed by atoms with Gasteiger partial charge in [0.2, 0.25) is 5.91 Å². The van der Waals surface area contributed by atoms with Crippen molar-refractivity contribution in [2.45, 2.75) is 33.7 Å². The molecule has 21 heavy (non-hydrogen) atoms. The van der Waals surface area contributed by atoms with E-state index in [0.29, 0.717) is 0 Å². The Balaban J connectivity index is 2.76. The van der Waals surface area contributed by atoms with E-state index in [1.807, 2.05) is 39.8 Å². The Morgan fingerprint density at radius 2 is 1.90 bits per heavy atom. The zero-order valence-corrected chi connectivity index (χ0v) is 13.3. The van der Waals surface area contributed by atoms with Crippen molar-refractivity contribution in [3.63, 3.8) is 0 Å². The third kappa shape index (κ3) is 5.06. The third-order valence-corrected chi connectivity index (χ3v) is 3.26. The summed E-state index contributed by atoms with van der Waals surface area (Å²) in [6.07, 6.45) is 3.19. The van der Waals surface area contributed by atoms with E-state index in [1.54, 1.807) is 6.08 Å². The number of nitrogens with one attached hydrogen (secondary N) is 1. The van der Waals surface area contributed by atoms with Crippen LogP contribution in [0.1, 0.15) is 30.5 Å². The molecule has 0 bridgehead atoms. The van der Waals surface area contributed by atoms with Crippen molar-refractivity contribution < 1.29 is 14.3 Å². The molecule has 1 rings (SSSR count). The quantitative estimate of drug-likeness (QED) is 0.669. The Bertz CT molecular complexity index is 547. The summed E-state index contributed by atoms with van der Waals surface area (Å²) in [5.41, 5.74) is 3.27. The molecule has 0 heterocycles. The topological polar surface area (TPSA) is 55.4 Å². The van der Waals surface area contributed by atoms with Gasteiger partial charge in [-0.15, -0.1) is 0 Å². The first-order valence-electron chi connectivity index (χ1n) is 6.98. The Morgan fingerprint density at radius 3 is 2.43 bits per heavy atom. The lowest BCUT2D eigenvalue weighted by Crippen LogP contribution is -2.44. The van der Waals surface area contributed by atoms with Gasteiger partial charge in [-0.25, -0.2) is 4.79 Å². The van der Waals surface area contributed by atoms with Gasteiger partial charge in [-0.05, 0) is 37.0 Å². The zero-order chi connectivity index (χ0) is 16.0. The highest BCUT2D eigenvalue weighted by molar-refractivity contribution is 5.94. The monoisotopic (exact) mass is 289 g/mol. The lowest BCUT2D eigenvalue weighted by Gasteiger charge is -2.18. The van der Waals surface area contributed by atoms with Crippen LogP contribution in [0.15, 0.2) is 24.3 Å². The maximum absolute atomic E-state index is 11.9. The number of amides is 1. The molecular formula is C17H23NO3. The minimum Gasteiger partial charge on any atom is -0.467 e. The van der Waals surface area contributed by atoms with Gasteiger partial charge in [0.1, 0.15) is 6.04 Å². The van der Waals surface area contributed by atoms with E-state index < -0.39 is 12.0 Å². The molecule has 4 nitrogen and oxygen atoms in total. The van der Waals surface area contributed by atoms with Gasteiger partial charge in [0.05, 0.1) is 7.11 Å². The number of hydrogen-bond donors (Lipinski definition) is 1. The predicted molar refractivity (Wildman–Crippen MR) is 83.7 cm³/mol. The standard InChI is InChI=1S/C17H23NO3/c1-11(2)16(17(20)21-5)18-15(19)9-8-14-7-6-12(3)10-13(14)4/h6-11,16H,1-5H3,(H,18,19)/b9-8+/t16-/m0/s1. The first-order valence-corrected chi connectivity index (χ1v) is 6.98. The predicted octanol–water partition coefficient (Wildman–Crippen LogP) is 2.63. The highest BCUT2D eigenvalue weighted by Gasteiger charge is 2.23. The van der Waals surface area contributed by atoms with Crippen molar-refractivity contribution in [2.75, 3.05) is 7.11 Å². The largest absolute Gasteiger partial charge is 0.467 e. The third-order valence-electron chi connectivity index (χ3n) is 3.26. The molecule has 0 aliphatic rings. The van der Waals surface area contributed by atoms with Gasteiger partial charge >= 0.3 is 5.97 Å². The summed E-state index contributed by atoms with van der Waals surface area (Å²) in [7, 11) is 1.31. The molecule has 1 atom stereocenters. The number of ether oxygens (including phenoxy) is 1. The van der Waals surface area contributed by atoms with Crippen molar-refractivity contribution in [1.29, 1.82) is 0 Å². The molecule has 1 N–H and O–H groups in total. The molecule has 4 heteroatoms. The summed E-state index contributed by atoms with van der Waals surface area (Å²) < 4.78 is 4.69. The normalized spacial score (nSPS) is 12.5. The second-order valence-corrected chi connectivity index (χ2v) is 5.45. The van der Waals surface area contributed by atoms with Crippen LogP contribution in [0.25, 0.3) is 6.08 Å². The van der Waals surface area contributed by atoms with Crippen molar-refractivity contribution in [2.24, 2.45) is 5.92 Å². The molecular weight excluding hydrogens is 266 g/mol. The van der Waals surface area contributed by atoms with Crippen LogP contribution in [-0.4, -0.2) is 25.0 Å². The van der Waals surface area contributed by atoms with Gasteiger partial charge in [-0.2, -0.15) is 0 Å². The fourth-order valence-electron chi connectivity index (χ4n) is 2.00. The molecule has 0 aliphatic heterocycles. The first kappa shape index (κ1) is 17.0. The van der Waals surface area contributed by atoms with Gasteiger partial charge in [0.25, 0.3) is 0 Å². The Kier molecular flexibility index (Phi) is 6.15. The summed E-state index contributed by atoms with van der Waals surface area (Å²) in [6.45, 7) is 7.73. The second kappa shape index (κ2) is 7.62. The van der Waals surface area contributed by atoms with Crippen molar-refractivity contribution in [1.82, 2.24) is 5.32 Å². The Hall–Kier alpha value is -2.10. The highest BCUT2D eigenvalue weighted by Crippen LogP contribution is 2.12. The van der Waals surface area contributed by atoms with Crippen LogP contribution in [0.2, 0.25) is 0 Å². The van der Waals surface area contributed by atoms with Gasteiger partial charge in [0, 0.05) is 6.08 Å². The fraction of sp³-hybridized carbons (Fsp3) is 0.412. The fourth-order valence-corrected chi connectivity index (χ4v) is 2.00. The van der Waals surface area contributed by atoms with Crippen molar-refractivity contribution in [3.8, 4) is 0 Å². The number of rotatable bonds is 5. The molecule has 0 saturated heterocycles. The van der Waals surface area contributed by atoms with Gasteiger partial charge in [0.15, 0.2) is 0 Å². The SMILES string of the molecule is COC(=O)[C@@H](NC(=O)/C=C/c1ccc(C)cc1C)C(C)C. The molecule has 0 fully saturated rings. The number of aryl methyl sites for hydroxylation is 2. The van der Waals surface area contributed by atoms with Crippen LogP contribution >= 0.6 is 0 Å².